The van der Waals surface area contributed by atoms with Gasteiger partial charge in [0.05, 0.1) is 34.7 Å². The van der Waals surface area contributed by atoms with Crippen molar-refractivity contribution in [3.63, 3.8) is 0 Å². The minimum Gasteiger partial charge on any atom is -0.394 e. The summed E-state index contributed by atoms with van der Waals surface area (Å²) >= 11 is 0. The van der Waals surface area contributed by atoms with Gasteiger partial charge in [-0.15, -0.1) is 0 Å². The van der Waals surface area contributed by atoms with E-state index in [-0.39, 0.29) is 24.7 Å². The van der Waals surface area contributed by atoms with Gasteiger partial charge in [-0.1, -0.05) is 30.3 Å². The van der Waals surface area contributed by atoms with Crippen molar-refractivity contribution in [2.75, 3.05) is 18.9 Å². The Kier molecular flexibility index (Phi) is 4.96. The second-order valence-electron chi connectivity index (χ2n) is 3.28. The Morgan fingerprint density at radius 2 is 2.06 bits per heavy atom. The van der Waals surface area contributed by atoms with Gasteiger partial charge in [0.15, 0.2) is 0 Å². The maximum Gasteiger partial charge on any atom is 0.119 e. The zero-order valence-corrected chi connectivity index (χ0v) is 9.69. The van der Waals surface area contributed by atoms with Gasteiger partial charge < -0.3 is 5.11 Å². The molecule has 5 heteroatoms. The first-order valence-electron chi connectivity index (χ1n) is 4.90. The maximum atomic E-state index is 12.2. The molecule has 0 amide bonds. The average molecular weight is 238 g/mol. The molecule has 0 bridgehead atoms. The van der Waals surface area contributed by atoms with Crippen molar-refractivity contribution in [1.82, 2.24) is 0 Å². The van der Waals surface area contributed by atoms with E-state index in [0.29, 0.717) is 0 Å². The Hall–Kier alpha value is -1.38. The fraction of sp³-hybridized carbons (Fsp3) is 0.364. The molecule has 1 unspecified atom stereocenters. The van der Waals surface area contributed by atoms with Gasteiger partial charge >= 0.3 is 0 Å². The van der Waals surface area contributed by atoms with Crippen molar-refractivity contribution < 1.29 is 9.32 Å². The number of hydrogen-bond donors (Lipinski definition) is 1. The topological polar surface area (TPSA) is 73.5 Å². The largest absolute Gasteiger partial charge is 0.394 e. The molecule has 0 radical (unpaired) electrons. The third kappa shape index (κ3) is 4.01. The highest BCUT2D eigenvalue weighted by atomic mass is 32.2. The first-order chi connectivity index (χ1) is 7.70. The van der Waals surface area contributed by atoms with Crippen LogP contribution in [-0.2, 0) is 15.5 Å². The van der Waals surface area contributed by atoms with E-state index in [4.69, 9.17) is 10.4 Å². The van der Waals surface area contributed by atoms with Crippen LogP contribution in [0.4, 0.5) is 0 Å². The summed E-state index contributed by atoms with van der Waals surface area (Å²) in [4.78, 5) is 0. The van der Waals surface area contributed by atoms with Crippen LogP contribution in [0.1, 0.15) is 5.56 Å². The lowest BCUT2D eigenvalue weighted by molar-refractivity contribution is 0.307. The van der Waals surface area contributed by atoms with Gasteiger partial charge in [-0.25, -0.2) is 8.57 Å². The second-order valence-corrected chi connectivity index (χ2v) is 5.66. The van der Waals surface area contributed by atoms with E-state index >= 15 is 0 Å². The molecule has 0 spiro atoms. The minimum atomic E-state index is -2.55. The summed E-state index contributed by atoms with van der Waals surface area (Å²) in [7, 11) is -2.55. The van der Waals surface area contributed by atoms with E-state index in [2.05, 4.69) is 4.36 Å². The smallest absolute Gasteiger partial charge is 0.119 e. The first kappa shape index (κ1) is 12.7. The Morgan fingerprint density at radius 3 is 2.62 bits per heavy atom. The number of nitrogens with zero attached hydrogens (tertiary/aromatic N) is 2. The molecule has 1 aromatic rings. The highest BCUT2D eigenvalue weighted by Crippen LogP contribution is 2.08. The van der Waals surface area contributed by atoms with Crippen molar-refractivity contribution in [3.05, 3.63) is 35.9 Å². The van der Waals surface area contributed by atoms with Crippen LogP contribution in [0, 0.1) is 11.3 Å². The van der Waals surface area contributed by atoms with Gasteiger partial charge in [0, 0.05) is 0 Å². The van der Waals surface area contributed by atoms with Crippen LogP contribution in [0.2, 0.25) is 0 Å². The van der Waals surface area contributed by atoms with Crippen LogP contribution in [0.5, 0.6) is 0 Å². The van der Waals surface area contributed by atoms with E-state index < -0.39 is 9.73 Å². The molecule has 1 aromatic carbocycles. The zero-order valence-electron chi connectivity index (χ0n) is 8.87. The Bertz CT molecular complexity index is 471. The lowest BCUT2D eigenvalue weighted by Crippen LogP contribution is -2.09. The molecule has 0 heterocycles. The third-order valence-corrected chi connectivity index (χ3v) is 3.97. The van der Waals surface area contributed by atoms with Gasteiger partial charge in [0.25, 0.3) is 0 Å². The Morgan fingerprint density at radius 1 is 1.38 bits per heavy atom. The third-order valence-electron chi connectivity index (χ3n) is 1.95. The van der Waals surface area contributed by atoms with Crippen molar-refractivity contribution >= 4 is 9.73 Å². The van der Waals surface area contributed by atoms with Crippen molar-refractivity contribution in [2.24, 2.45) is 4.36 Å². The number of hydrogen-bond acceptors (Lipinski definition) is 4. The van der Waals surface area contributed by atoms with Crippen LogP contribution >= 0.6 is 0 Å². The summed E-state index contributed by atoms with van der Waals surface area (Å²) in [5.41, 5.74) is 0.893. The van der Waals surface area contributed by atoms with Crippen molar-refractivity contribution in [3.8, 4) is 6.07 Å². The predicted octanol–water partition coefficient (Wildman–Crippen LogP) is 1.17. The molecule has 0 saturated carbocycles. The van der Waals surface area contributed by atoms with Crippen LogP contribution in [-0.4, -0.2) is 28.2 Å². The normalized spacial score (nSPS) is 13.8. The van der Waals surface area contributed by atoms with Gasteiger partial charge in [0.1, 0.15) is 5.75 Å². The number of nitriles is 1. The quantitative estimate of drug-likeness (QED) is 0.836. The standard InChI is InChI=1S/C11H14N2O2S/c12-6-9-16(15,13-7-8-14)10-11-4-2-1-3-5-11/h1-5,14H,7-10H2. The molecule has 0 fully saturated rings. The summed E-state index contributed by atoms with van der Waals surface area (Å²) in [6.45, 7) is -0.0233. The molecule has 0 aliphatic rings. The summed E-state index contributed by atoms with van der Waals surface area (Å²) in [6.07, 6.45) is 0. The summed E-state index contributed by atoms with van der Waals surface area (Å²) in [6, 6.07) is 11.2. The molecule has 16 heavy (non-hydrogen) atoms. The van der Waals surface area contributed by atoms with E-state index in [1.807, 2.05) is 36.4 Å². The molecule has 0 saturated heterocycles. The lowest BCUT2D eigenvalue weighted by atomic mass is 10.2. The lowest BCUT2D eigenvalue weighted by Gasteiger charge is -2.06. The van der Waals surface area contributed by atoms with Crippen molar-refractivity contribution in [1.29, 1.82) is 5.26 Å². The van der Waals surface area contributed by atoms with E-state index in [1.165, 1.54) is 0 Å². The fourth-order valence-corrected chi connectivity index (χ4v) is 2.90. The molecule has 0 aromatic heterocycles. The summed E-state index contributed by atoms with van der Waals surface area (Å²) in [5, 5.41) is 17.3. The number of rotatable bonds is 5. The van der Waals surface area contributed by atoms with Gasteiger partial charge in [-0.2, -0.15) is 5.26 Å². The molecular weight excluding hydrogens is 224 g/mol. The molecule has 0 aliphatic heterocycles. The first-order valence-corrected chi connectivity index (χ1v) is 6.75. The van der Waals surface area contributed by atoms with Crippen LogP contribution in [0.3, 0.4) is 0 Å². The van der Waals surface area contributed by atoms with E-state index in [0.717, 1.165) is 5.56 Å². The second kappa shape index (κ2) is 6.26. The Balaban J connectivity index is 2.89. The SMILES string of the molecule is N#CCS(=O)(Cc1ccccc1)=NCCO. The summed E-state index contributed by atoms with van der Waals surface area (Å²) < 4.78 is 16.1. The van der Waals surface area contributed by atoms with Crippen molar-refractivity contribution in [2.45, 2.75) is 5.75 Å². The Labute approximate surface area is 95.7 Å². The van der Waals surface area contributed by atoms with Crippen LogP contribution < -0.4 is 0 Å². The van der Waals surface area contributed by atoms with Crippen LogP contribution in [0.25, 0.3) is 0 Å². The molecule has 1 rings (SSSR count). The maximum absolute atomic E-state index is 12.2. The fourth-order valence-electron chi connectivity index (χ4n) is 1.29. The van der Waals surface area contributed by atoms with Crippen LogP contribution in [0.15, 0.2) is 34.7 Å². The number of aliphatic hydroxyl groups is 1. The summed E-state index contributed by atoms with van der Waals surface area (Å²) in [5.74, 6) is 0.170. The monoisotopic (exact) mass is 238 g/mol. The van der Waals surface area contributed by atoms with E-state index in [1.54, 1.807) is 0 Å². The minimum absolute atomic E-state index is 0.0953. The highest BCUT2D eigenvalue weighted by Gasteiger charge is 2.09. The molecule has 0 aliphatic carbocycles. The molecule has 4 nitrogen and oxygen atoms in total. The van der Waals surface area contributed by atoms with Gasteiger partial charge in [-0.3, -0.25) is 0 Å². The van der Waals surface area contributed by atoms with Gasteiger partial charge in [-0.05, 0) is 5.56 Å². The zero-order chi connectivity index (χ0) is 11.9. The predicted molar refractivity (Wildman–Crippen MR) is 63.1 cm³/mol. The molecule has 86 valence electrons. The molecular formula is C11H14N2O2S. The van der Waals surface area contributed by atoms with Gasteiger partial charge in [0.2, 0.25) is 0 Å². The number of aliphatic hydroxyl groups excluding tert-OH is 1. The molecule has 1 atom stereocenters. The average Bonchev–Trinajstić information content (AvgIpc) is 2.28. The van der Waals surface area contributed by atoms with E-state index in [9.17, 15) is 4.21 Å². The number of benzene rings is 1. The highest BCUT2D eigenvalue weighted by molar-refractivity contribution is 7.93. The molecule has 1 N–H and O–H groups in total.